The van der Waals surface area contributed by atoms with E-state index in [-0.39, 0.29) is 6.10 Å². The summed E-state index contributed by atoms with van der Waals surface area (Å²) < 4.78 is 0. The lowest BCUT2D eigenvalue weighted by molar-refractivity contribution is 0.0945. The molecule has 3 unspecified atom stereocenters. The van der Waals surface area contributed by atoms with Crippen LogP contribution in [0.5, 0.6) is 0 Å². The van der Waals surface area contributed by atoms with Gasteiger partial charge in [-0.15, -0.1) is 11.8 Å². The molecule has 1 fully saturated rings. The Balaban J connectivity index is 2.38. The van der Waals surface area contributed by atoms with Gasteiger partial charge in [-0.2, -0.15) is 0 Å². The van der Waals surface area contributed by atoms with E-state index < -0.39 is 0 Å². The Labute approximate surface area is 75.2 Å². The number of hydrogen-bond acceptors (Lipinski definition) is 1. The van der Waals surface area contributed by atoms with Gasteiger partial charge in [0, 0.05) is 6.42 Å². The van der Waals surface area contributed by atoms with E-state index in [1.54, 1.807) is 0 Å². The third-order valence-corrected chi connectivity index (χ3v) is 2.91. The minimum atomic E-state index is -0.185. The highest BCUT2D eigenvalue weighted by Gasteiger charge is 2.28. The van der Waals surface area contributed by atoms with Gasteiger partial charge in [-0.1, -0.05) is 19.8 Å². The lowest BCUT2D eigenvalue weighted by atomic mass is 9.91. The Morgan fingerprint density at radius 1 is 1.50 bits per heavy atom. The zero-order valence-electron chi connectivity index (χ0n) is 8.01. The normalized spacial score (nSPS) is 30.9. The highest BCUT2D eigenvalue weighted by Crippen LogP contribution is 2.34. The lowest BCUT2D eigenvalue weighted by Crippen LogP contribution is -2.21. The lowest BCUT2D eigenvalue weighted by Gasteiger charge is -2.19. The Hall–Kier alpha value is -0.480. The first kappa shape index (κ1) is 9.61. The Morgan fingerprint density at radius 3 is 2.75 bits per heavy atom. The van der Waals surface area contributed by atoms with Crippen LogP contribution in [0.4, 0.5) is 0 Å². The van der Waals surface area contributed by atoms with Crippen LogP contribution in [0, 0.1) is 23.7 Å². The van der Waals surface area contributed by atoms with Gasteiger partial charge in [0.15, 0.2) is 0 Å². The molecule has 1 nitrogen and oxygen atoms in total. The Morgan fingerprint density at radius 2 is 2.25 bits per heavy atom. The average molecular weight is 166 g/mol. The molecule has 0 aliphatic heterocycles. The second kappa shape index (κ2) is 4.52. The zero-order chi connectivity index (χ0) is 8.97. The molecule has 1 heteroatoms. The van der Waals surface area contributed by atoms with E-state index >= 15 is 0 Å². The third-order valence-electron chi connectivity index (χ3n) is 2.91. The summed E-state index contributed by atoms with van der Waals surface area (Å²) in [5, 5.41) is 9.75. The molecule has 1 saturated carbocycles. The van der Waals surface area contributed by atoms with Crippen LogP contribution in [0.25, 0.3) is 0 Å². The summed E-state index contributed by atoms with van der Waals surface area (Å²) in [5.41, 5.74) is 0. The molecule has 12 heavy (non-hydrogen) atoms. The van der Waals surface area contributed by atoms with Crippen molar-refractivity contribution in [3.63, 3.8) is 0 Å². The van der Waals surface area contributed by atoms with E-state index in [9.17, 15) is 5.11 Å². The predicted molar refractivity (Wildman–Crippen MR) is 50.6 cm³/mol. The molecule has 0 aromatic heterocycles. The van der Waals surface area contributed by atoms with Gasteiger partial charge in [0.1, 0.15) is 0 Å². The fourth-order valence-corrected chi connectivity index (χ4v) is 2.10. The maximum absolute atomic E-state index is 9.75. The molecule has 1 aliphatic rings. The molecule has 0 aromatic rings. The van der Waals surface area contributed by atoms with Gasteiger partial charge in [0.2, 0.25) is 0 Å². The van der Waals surface area contributed by atoms with E-state index in [1.807, 2.05) is 6.92 Å². The summed E-state index contributed by atoms with van der Waals surface area (Å²) in [6, 6.07) is 0. The van der Waals surface area contributed by atoms with Crippen LogP contribution in [-0.2, 0) is 0 Å². The van der Waals surface area contributed by atoms with Crippen LogP contribution >= 0.6 is 0 Å². The molecule has 0 saturated heterocycles. The number of hydrogen-bond donors (Lipinski definition) is 1. The molecule has 1 rings (SSSR count). The standard InChI is InChI=1S/C11H18O/c1-3-4-8-11(12)10-7-5-6-9(10)2/h9-12H,5-8H2,1-2H3. The van der Waals surface area contributed by atoms with Crippen LogP contribution in [0.1, 0.15) is 39.5 Å². The summed E-state index contributed by atoms with van der Waals surface area (Å²) >= 11 is 0. The molecule has 1 N–H and O–H groups in total. The van der Waals surface area contributed by atoms with Crippen LogP contribution < -0.4 is 0 Å². The first-order valence-electron chi connectivity index (χ1n) is 4.83. The highest BCUT2D eigenvalue weighted by atomic mass is 16.3. The second-order valence-corrected chi connectivity index (χ2v) is 3.77. The molecule has 1 aliphatic carbocycles. The van der Waals surface area contributed by atoms with Crippen molar-refractivity contribution in [2.45, 2.75) is 45.6 Å². The number of aliphatic hydroxyl groups excluding tert-OH is 1. The first-order chi connectivity index (χ1) is 5.75. The van der Waals surface area contributed by atoms with Crippen LogP contribution in [-0.4, -0.2) is 11.2 Å². The van der Waals surface area contributed by atoms with Gasteiger partial charge in [-0.05, 0) is 25.2 Å². The molecule has 3 atom stereocenters. The molecular formula is C11H18O. The smallest absolute Gasteiger partial charge is 0.0680 e. The maximum atomic E-state index is 9.75. The summed E-state index contributed by atoms with van der Waals surface area (Å²) in [5.74, 6) is 6.97. The minimum Gasteiger partial charge on any atom is -0.392 e. The SMILES string of the molecule is CC#CCC(O)C1CCCC1C. The first-order valence-corrected chi connectivity index (χ1v) is 4.83. The van der Waals surface area contributed by atoms with Crippen LogP contribution in [0.15, 0.2) is 0 Å². The molecule has 0 spiro atoms. The van der Waals surface area contributed by atoms with Crippen molar-refractivity contribution >= 4 is 0 Å². The highest BCUT2D eigenvalue weighted by molar-refractivity contribution is 4.98. The second-order valence-electron chi connectivity index (χ2n) is 3.77. The molecule has 0 radical (unpaired) electrons. The van der Waals surface area contributed by atoms with Gasteiger partial charge >= 0.3 is 0 Å². The molecule has 0 heterocycles. The summed E-state index contributed by atoms with van der Waals surface area (Å²) in [7, 11) is 0. The van der Waals surface area contributed by atoms with Crippen molar-refractivity contribution in [1.82, 2.24) is 0 Å². The third kappa shape index (κ3) is 2.25. The van der Waals surface area contributed by atoms with Crippen molar-refractivity contribution in [3.8, 4) is 11.8 Å². The van der Waals surface area contributed by atoms with E-state index in [4.69, 9.17) is 0 Å². The van der Waals surface area contributed by atoms with Crippen molar-refractivity contribution in [3.05, 3.63) is 0 Å². The summed E-state index contributed by atoms with van der Waals surface area (Å²) in [6.45, 7) is 4.06. The topological polar surface area (TPSA) is 20.2 Å². The van der Waals surface area contributed by atoms with Gasteiger partial charge < -0.3 is 5.11 Å². The van der Waals surface area contributed by atoms with Gasteiger partial charge in [-0.3, -0.25) is 0 Å². The summed E-state index contributed by atoms with van der Waals surface area (Å²) in [6.07, 6.45) is 4.22. The average Bonchev–Trinajstić information content (AvgIpc) is 2.47. The zero-order valence-corrected chi connectivity index (χ0v) is 8.01. The van der Waals surface area contributed by atoms with E-state index in [0.717, 1.165) is 0 Å². The molecule has 0 amide bonds. The van der Waals surface area contributed by atoms with E-state index in [2.05, 4.69) is 18.8 Å². The fraction of sp³-hybridized carbons (Fsp3) is 0.818. The monoisotopic (exact) mass is 166 g/mol. The largest absolute Gasteiger partial charge is 0.392 e. The van der Waals surface area contributed by atoms with Crippen LogP contribution in [0.3, 0.4) is 0 Å². The predicted octanol–water partition coefficient (Wildman–Crippen LogP) is 2.20. The van der Waals surface area contributed by atoms with E-state index in [0.29, 0.717) is 18.3 Å². The van der Waals surface area contributed by atoms with E-state index in [1.165, 1.54) is 19.3 Å². The molecule has 0 bridgehead atoms. The minimum absolute atomic E-state index is 0.185. The Kier molecular flexibility index (Phi) is 3.62. The fourth-order valence-electron chi connectivity index (χ4n) is 2.10. The van der Waals surface area contributed by atoms with Crippen molar-refractivity contribution in [1.29, 1.82) is 0 Å². The molecular weight excluding hydrogens is 148 g/mol. The molecule has 0 aromatic carbocycles. The maximum Gasteiger partial charge on any atom is 0.0680 e. The van der Waals surface area contributed by atoms with Gasteiger partial charge in [0.05, 0.1) is 6.10 Å². The summed E-state index contributed by atoms with van der Waals surface area (Å²) in [4.78, 5) is 0. The quantitative estimate of drug-likeness (QED) is 0.623. The Bertz CT molecular complexity index is 187. The molecule has 68 valence electrons. The van der Waals surface area contributed by atoms with Gasteiger partial charge in [0.25, 0.3) is 0 Å². The van der Waals surface area contributed by atoms with Crippen molar-refractivity contribution in [2.75, 3.05) is 0 Å². The van der Waals surface area contributed by atoms with Crippen LogP contribution in [0.2, 0.25) is 0 Å². The number of aliphatic hydroxyl groups is 1. The van der Waals surface area contributed by atoms with Crippen molar-refractivity contribution in [2.24, 2.45) is 11.8 Å². The van der Waals surface area contributed by atoms with Crippen molar-refractivity contribution < 1.29 is 5.11 Å². The van der Waals surface area contributed by atoms with Gasteiger partial charge in [-0.25, -0.2) is 0 Å². The number of rotatable bonds is 2.